The fraction of sp³-hybridized carbons (Fsp3) is 0.750. The van der Waals surface area contributed by atoms with Crippen LogP contribution in [-0.4, -0.2) is 67.5 Å². The molecule has 0 radical (unpaired) electrons. The molecular weight excluding hydrogens is 287 g/mol. The standard InChI is InChI=1S/C12H20F3N5O/c13-12(14,15)9-8-18-11(17)20(10(9)16)3-1-2-19-4-6-21-7-5-19/h8,11,16,18H,1-7,17H2. The molecule has 2 rings (SSSR count). The average molecular weight is 307 g/mol. The molecule has 21 heavy (non-hydrogen) atoms. The Morgan fingerprint density at radius 2 is 2.00 bits per heavy atom. The second kappa shape index (κ2) is 6.63. The van der Waals surface area contributed by atoms with Crippen molar-refractivity contribution in [2.45, 2.75) is 18.9 Å². The van der Waals surface area contributed by atoms with Gasteiger partial charge in [-0.15, -0.1) is 0 Å². The summed E-state index contributed by atoms with van der Waals surface area (Å²) in [6.07, 6.45) is -3.94. The molecule has 0 saturated carbocycles. The summed E-state index contributed by atoms with van der Waals surface area (Å²) in [5.41, 5.74) is 4.73. The molecule has 2 heterocycles. The predicted octanol–water partition coefficient (Wildman–Crippen LogP) is 0.280. The number of morpholine rings is 1. The number of amidine groups is 1. The highest BCUT2D eigenvalue weighted by Gasteiger charge is 2.41. The van der Waals surface area contributed by atoms with Crippen molar-refractivity contribution in [2.75, 3.05) is 39.4 Å². The van der Waals surface area contributed by atoms with Crippen LogP contribution in [0.15, 0.2) is 11.8 Å². The second-order valence-corrected chi connectivity index (χ2v) is 5.02. The minimum atomic E-state index is -4.55. The smallest absolute Gasteiger partial charge is 0.379 e. The maximum Gasteiger partial charge on any atom is 0.421 e. The third kappa shape index (κ3) is 4.08. The van der Waals surface area contributed by atoms with Crippen molar-refractivity contribution in [2.24, 2.45) is 5.73 Å². The summed E-state index contributed by atoms with van der Waals surface area (Å²) >= 11 is 0. The Balaban J connectivity index is 1.87. The molecule has 9 heteroatoms. The van der Waals surface area contributed by atoms with E-state index in [-0.39, 0.29) is 0 Å². The first-order valence-corrected chi connectivity index (χ1v) is 6.84. The van der Waals surface area contributed by atoms with Gasteiger partial charge in [-0.1, -0.05) is 0 Å². The van der Waals surface area contributed by atoms with E-state index in [4.69, 9.17) is 15.9 Å². The number of hydrogen-bond acceptors (Lipinski definition) is 5. The number of nitrogens with two attached hydrogens (primary N) is 1. The average Bonchev–Trinajstić information content (AvgIpc) is 2.42. The Morgan fingerprint density at radius 1 is 1.33 bits per heavy atom. The van der Waals surface area contributed by atoms with Gasteiger partial charge in [-0.3, -0.25) is 16.0 Å². The Labute approximate surface area is 121 Å². The molecule has 0 aromatic heterocycles. The van der Waals surface area contributed by atoms with E-state index in [2.05, 4.69) is 10.2 Å². The lowest BCUT2D eigenvalue weighted by Gasteiger charge is -2.37. The molecule has 4 N–H and O–H groups in total. The van der Waals surface area contributed by atoms with Gasteiger partial charge in [0.15, 0.2) is 6.29 Å². The van der Waals surface area contributed by atoms with Crippen LogP contribution >= 0.6 is 0 Å². The van der Waals surface area contributed by atoms with Gasteiger partial charge in [-0.05, 0) is 6.42 Å². The Kier molecular flexibility index (Phi) is 5.07. The van der Waals surface area contributed by atoms with Crippen molar-refractivity contribution in [3.8, 4) is 0 Å². The van der Waals surface area contributed by atoms with Crippen LogP contribution in [0, 0.1) is 5.41 Å². The van der Waals surface area contributed by atoms with E-state index in [9.17, 15) is 13.2 Å². The van der Waals surface area contributed by atoms with Crippen LogP contribution in [-0.2, 0) is 4.74 Å². The summed E-state index contributed by atoms with van der Waals surface area (Å²) in [6, 6.07) is 0. The van der Waals surface area contributed by atoms with E-state index < -0.39 is 23.9 Å². The summed E-state index contributed by atoms with van der Waals surface area (Å²) in [7, 11) is 0. The predicted molar refractivity (Wildman–Crippen MR) is 71.6 cm³/mol. The number of hydrogen-bond donors (Lipinski definition) is 3. The number of nitrogens with one attached hydrogen (secondary N) is 2. The molecule has 0 aromatic carbocycles. The van der Waals surface area contributed by atoms with Crippen LogP contribution in [0.1, 0.15) is 6.42 Å². The molecule has 0 bridgehead atoms. The fourth-order valence-corrected chi connectivity index (χ4v) is 2.38. The fourth-order valence-electron chi connectivity index (χ4n) is 2.38. The highest BCUT2D eigenvalue weighted by atomic mass is 19.4. The van der Waals surface area contributed by atoms with Gasteiger partial charge in [0.1, 0.15) is 11.4 Å². The molecule has 0 spiro atoms. The van der Waals surface area contributed by atoms with Gasteiger partial charge >= 0.3 is 6.18 Å². The van der Waals surface area contributed by atoms with Gasteiger partial charge in [0.05, 0.1) is 13.2 Å². The minimum Gasteiger partial charge on any atom is -0.379 e. The lowest BCUT2D eigenvalue weighted by atomic mass is 10.2. The summed E-state index contributed by atoms with van der Waals surface area (Å²) in [5, 5.41) is 10.2. The van der Waals surface area contributed by atoms with Crippen molar-refractivity contribution >= 4 is 5.84 Å². The number of rotatable bonds is 4. The molecule has 0 aliphatic carbocycles. The lowest BCUT2D eigenvalue weighted by Crippen LogP contribution is -2.58. The summed E-state index contributed by atoms with van der Waals surface area (Å²) < 4.78 is 43.5. The van der Waals surface area contributed by atoms with Gasteiger partial charge in [-0.25, -0.2) is 0 Å². The van der Waals surface area contributed by atoms with Gasteiger partial charge in [0.25, 0.3) is 0 Å². The topological polar surface area (TPSA) is 77.6 Å². The van der Waals surface area contributed by atoms with E-state index >= 15 is 0 Å². The first kappa shape index (κ1) is 16.1. The Bertz CT molecular complexity index is 406. The van der Waals surface area contributed by atoms with Gasteiger partial charge < -0.3 is 15.0 Å². The lowest BCUT2D eigenvalue weighted by molar-refractivity contribution is -0.0886. The van der Waals surface area contributed by atoms with Crippen LogP contribution in [0.3, 0.4) is 0 Å². The first-order chi connectivity index (χ1) is 9.89. The Morgan fingerprint density at radius 3 is 2.62 bits per heavy atom. The number of ether oxygens (including phenoxy) is 1. The minimum absolute atomic E-state index is 0.303. The van der Waals surface area contributed by atoms with Gasteiger partial charge in [-0.2, -0.15) is 13.2 Å². The third-order valence-corrected chi connectivity index (χ3v) is 3.56. The molecule has 1 saturated heterocycles. The first-order valence-electron chi connectivity index (χ1n) is 6.84. The maximum absolute atomic E-state index is 12.8. The highest BCUT2D eigenvalue weighted by molar-refractivity contribution is 5.97. The summed E-state index contributed by atoms with van der Waals surface area (Å²) in [6.45, 7) is 4.08. The van der Waals surface area contributed by atoms with Crippen molar-refractivity contribution in [3.63, 3.8) is 0 Å². The molecule has 1 unspecified atom stereocenters. The monoisotopic (exact) mass is 307 g/mol. The highest BCUT2D eigenvalue weighted by Crippen LogP contribution is 2.28. The van der Waals surface area contributed by atoms with Crippen LogP contribution in [0.2, 0.25) is 0 Å². The largest absolute Gasteiger partial charge is 0.421 e. The third-order valence-electron chi connectivity index (χ3n) is 3.56. The van der Waals surface area contributed by atoms with Crippen molar-refractivity contribution in [3.05, 3.63) is 11.8 Å². The maximum atomic E-state index is 12.8. The van der Waals surface area contributed by atoms with Gasteiger partial charge in [0, 0.05) is 32.4 Å². The van der Waals surface area contributed by atoms with E-state index in [0.717, 1.165) is 25.8 Å². The van der Waals surface area contributed by atoms with Crippen molar-refractivity contribution in [1.29, 1.82) is 5.41 Å². The SMILES string of the molecule is N=C1C(C(F)(F)F)=CNC(N)N1CCCN1CCOCC1. The van der Waals surface area contributed by atoms with Crippen LogP contribution in [0.5, 0.6) is 0 Å². The molecule has 6 nitrogen and oxygen atoms in total. The van der Waals surface area contributed by atoms with Crippen molar-refractivity contribution in [1.82, 2.24) is 15.1 Å². The summed E-state index contributed by atoms with van der Waals surface area (Å²) in [5.74, 6) is -0.573. The van der Waals surface area contributed by atoms with E-state index in [1.807, 2.05) is 0 Å². The van der Waals surface area contributed by atoms with Gasteiger partial charge in [0.2, 0.25) is 0 Å². The van der Waals surface area contributed by atoms with E-state index in [1.165, 1.54) is 4.90 Å². The normalized spacial score (nSPS) is 24.8. The zero-order valence-electron chi connectivity index (χ0n) is 11.6. The van der Waals surface area contributed by atoms with E-state index in [0.29, 0.717) is 26.2 Å². The molecule has 120 valence electrons. The summed E-state index contributed by atoms with van der Waals surface area (Å²) in [4.78, 5) is 3.43. The molecule has 0 aromatic rings. The molecule has 1 fully saturated rings. The van der Waals surface area contributed by atoms with Crippen LogP contribution < -0.4 is 11.1 Å². The number of nitrogens with zero attached hydrogens (tertiary/aromatic N) is 2. The molecule has 2 aliphatic heterocycles. The van der Waals surface area contributed by atoms with E-state index in [1.54, 1.807) is 0 Å². The zero-order valence-corrected chi connectivity index (χ0v) is 11.6. The number of halogens is 3. The quantitative estimate of drug-likeness (QED) is 0.695. The molecule has 0 amide bonds. The zero-order chi connectivity index (χ0) is 15.5. The Hall–Kier alpha value is -1.32. The van der Waals surface area contributed by atoms with Crippen LogP contribution in [0.25, 0.3) is 0 Å². The number of alkyl halides is 3. The molecule has 2 aliphatic rings. The van der Waals surface area contributed by atoms with Crippen LogP contribution in [0.4, 0.5) is 13.2 Å². The molecule has 1 atom stereocenters. The second-order valence-electron chi connectivity index (χ2n) is 5.02. The molecular formula is C12H20F3N5O. The van der Waals surface area contributed by atoms with Crippen molar-refractivity contribution < 1.29 is 17.9 Å².